The average molecular weight is 495 g/mol. The first-order chi connectivity index (χ1) is 10.4. The molecule has 0 aromatic heterocycles. The van der Waals surface area contributed by atoms with Crippen LogP contribution < -0.4 is 5.32 Å². The number of rotatable bonds is 3. The van der Waals surface area contributed by atoms with E-state index in [1.165, 1.54) is 25.3 Å². The second kappa shape index (κ2) is 7.43. The Labute approximate surface area is 154 Å². The molecule has 0 fully saturated rings. The number of nitrogens with one attached hydrogen (secondary N) is 1. The summed E-state index contributed by atoms with van der Waals surface area (Å²) in [5, 5.41) is 3.05. The van der Waals surface area contributed by atoms with E-state index in [1.54, 1.807) is 6.07 Å². The van der Waals surface area contributed by atoms with E-state index in [4.69, 9.17) is 11.6 Å². The molecule has 1 N–H and O–H groups in total. The van der Waals surface area contributed by atoms with Crippen molar-refractivity contribution in [3.8, 4) is 0 Å². The summed E-state index contributed by atoms with van der Waals surface area (Å²) in [6.07, 6.45) is 0. The Bertz CT molecular complexity index is 752. The highest BCUT2D eigenvalue weighted by molar-refractivity contribution is 14.1. The molecule has 114 valence electrons. The van der Waals surface area contributed by atoms with Crippen molar-refractivity contribution in [1.29, 1.82) is 0 Å². The minimum atomic E-state index is -0.496. The smallest absolute Gasteiger partial charge is 0.337 e. The van der Waals surface area contributed by atoms with Gasteiger partial charge in [-0.05, 0) is 59.0 Å². The van der Waals surface area contributed by atoms with E-state index in [0.717, 1.165) is 8.04 Å². The minimum absolute atomic E-state index is 0.311. The lowest BCUT2D eigenvalue weighted by Crippen LogP contribution is -2.14. The fourth-order valence-corrected chi connectivity index (χ4v) is 2.83. The number of amides is 1. The van der Waals surface area contributed by atoms with Gasteiger partial charge in [0.1, 0.15) is 0 Å². The summed E-state index contributed by atoms with van der Waals surface area (Å²) in [6, 6.07) is 9.95. The Morgan fingerprint density at radius 2 is 1.95 bits per heavy atom. The molecule has 2 rings (SSSR count). The molecule has 2 aromatic carbocycles. The van der Waals surface area contributed by atoms with Crippen molar-refractivity contribution in [2.24, 2.45) is 0 Å². The highest BCUT2D eigenvalue weighted by Gasteiger charge is 2.14. The number of hydrogen-bond acceptors (Lipinski definition) is 3. The van der Waals surface area contributed by atoms with Crippen LogP contribution in [-0.2, 0) is 4.74 Å². The first kappa shape index (κ1) is 17.2. The van der Waals surface area contributed by atoms with Gasteiger partial charge in [0, 0.05) is 8.04 Å². The molecule has 0 spiro atoms. The van der Waals surface area contributed by atoms with E-state index in [-0.39, 0.29) is 5.91 Å². The zero-order valence-corrected chi connectivity index (χ0v) is 15.8. The van der Waals surface area contributed by atoms with Crippen molar-refractivity contribution in [1.82, 2.24) is 0 Å². The zero-order valence-electron chi connectivity index (χ0n) is 11.3. The van der Waals surface area contributed by atoms with Crippen LogP contribution in [0.15, 0.2) is 40.9 Å². The third-order valence-corrected chi connectivity index (χ3v) is 4.57. The standard InChI is InChI=1S/C15H10BrClINO3/c1-22-15(21)8-2-4-11(17)13(6-8)19-14(20)10-7-9(16)3-5-12(10)18/h2-7H,1H3,(H,19,20). The Morgan fingerprint density at radius 3 is 2.64 bits per heavy atom. The quantitative estimate of drug-likeness (QED) is 0.495. The predicted molar refractivity (Wildman–Crippen MR) is 97.6 cm³/mol. The molecule has 0 unspecified atom stereocenters. The molecule has 0 heterocycles. The normalized spacial score (nSPS) is 10.2. The van der Waals surface area contributed by atoms with Crippen molar-refractivity contribution < 1.29 is 14.3 Å². The number of ether oxygens (including phenoxy) is 1. The van der Waals surface area contributed by atoms with E-state index >= 15 is 0 Å². The van der Waals surface area contributed by atoms with Crippen LogP contribution >= 0.6 is 50.1 Å². The predicted octanol–water partition coefficient (Wildman–Crippen LogP) is 4.75. The molecule has 0 aliphatic rings. The van der Waals surface area contributed by atoms with Crippen molar-refractivity contribution in [2.75, 3.05) is 12.4 Å². The monoisotopic (exact) mass is 493 g/mol. The van der Waals surface area contributed by atoms with Crippen LogP contribution in [0.1, 0.15) is 20.7 Å². The van der Waals surface area contributed by atoms with Crippen LogP contribution in [0.5, 0.6) is 0 Å². The van der Waals surface area contributed by atoms with Gasteiger partial charge in [-0.25, -0.2) is 4.79 Å². The molecule has 4 nitrogen and oxygen atoms in total. The van der Waals surface area contributed by atoms with Gasteiger partial charge >= 0.3 is 5.97 Å². The molecule has 0 atom stereocenters. The summed E-state index contributed by atoms with van der Waals surface area (Å²) in [6.45, 7) is 0. The van der Waals surface area contributed by atoms with Gasteiger partial charge in [-0.15, -0.1) is 0 Å². The van der Waals surface area contributed by atoms with Gasteiger partial charge in [0.15, 0.2) is 0 Å². The van der Waals surface area contributed by atoms with E-state index in [0.29, 0.717) is 21.8 Å². The van der Waals surface area contributed by atoms with Gasteiger partial charge in [0.05, 0.1) is 28.9 Å². The Morgan fingerprint density at radius 1 is 1.23 bits per heavy atom. The lowest BCUT2D eigenvalue weighted by Gasteiger charge is -2.10. The van der Waals surface area contributed by atoms with E-state index < -0.39 is 5.97 Å². The molecular formula is C15H10BrClINO3. The van der Waals surface area contributed by atoms with E-state index in [2.05, 4.69) is 48.6 Å². The second-order valence-electron chi connectivity index (χ2n) is 4.26. The molecule has 7 heteroatoms. The number of hydrogen-bond donors (Lipinski definition) is 1. The lowest BCUT2D eigenvalue weighted by molar-refractivity contribution is 0.0600. The van der Waals surface area contributed by atoms with Gasteiger partial charge in [-0.2, -0.15) is 0 Å². The Hall–Kier alpha value is -1.12. The van der Waals surface area contributed by atoms with Crippen LogP contribution in [-0.4, -0.2) is 19.0 Å². The summed E-state index contributed by atoms with van der Waals surface area (Å²) in [4.78, 5) is 23.9. The van der Waals surface area contributed by atoms with Gasteiger partial charge in [0.2, 0.25) is 0 Å². The fourth-order valence-electron chi connectivity index (χ4n) is 1.73. The molecule has 0 saturated carbocycles. The molecule has 0 bridgehead atoms. The first-order valence-corrected chi connectivity index (χ1v) is 8.31. The number of methoxy groups -OCH3 is 1. The Balaban J connectivity index is 2.32. The summed E-state index contributed by atoms with van der Waals surface area (Å²) >= 11 is 11.5. The Kier molecular flexibility index (Phi) is 5.82. The fraction of sp³-hybridized carbons (Fsp3) is 0.0667. The van der Waals surface area contributed by atoms with Crippen LogP contribution in [0, 0.1) is 3.57 Å². The third-order valence-electron chi connectivity index (χ3n) is 2.81. The van der Waals surface area contributed by atoms with Crippen LogP contribution in [0.3, 0.4) is 0 Å². The number of carbonyl (C=O) groups excluding carboxylic acids is 2. The maximum absolute atomic E-state index is 12.4. The summed E-state index contributed by atoms with van der Waals surface area (Å²) < 4.78 is 6.26. The lowest BCUT2D eigenvalue weighted by atomic mass is 10.1. The van der Waals surface area contributed by atoms with Crippen molar-refractivity contribution in [3.05, 3.63) is 60.6 Å². The third kappa shape index (κ3) is 3.99. The molecule has 0 saturated heterocycles. The number of carbonyl (C=O) groups is 2. The largest absolute Gasteiger partial charge is 0.465 e. The van der Waals surface area contributed by atoms with Gasteiger partial charge in [-0.1, -0.05) is 27.5 Å². The molecular weight excluding hydrogens is 484 g/mol. The molecule has 0 aliphatic heterocycles. The SMILES string of the molecule is COC(=O)c1ccc(Cl)c(NC(=O)c2cc(Br)ccc2I)c1. The van der Waals surface area contributed by atoms with E-state index in [9.17, 15) is 9.59 Å². The zero-order chi connectivity index (χ0) is 16.3. The molecule has 1 amide bonds. The molecule has 0 radical (unpaired) electrons. The maximum atomic E-state index is 12.4. The highest BCUT2D eigenvalue weighted by atomic mass is 127. The van der Waals surface area contributed by atoms with Crippen molar-refractivity contribution >= 4 is 67.7 Å². The van der Waals surface area contributed by atoms with Gasteiger partial charge < -0.3 is 10.1 Å². The maximum Gasteiger partial charge on any atom is 0.337 e. The summed E-state index contributed by atoms with van der Waals surface area (Å²) in [7, 11) is 1.29. The van der Waals surface area contributed by atoms with Crippen LogP contribution in [0.4, 0.5) is 5.69 Å². The topological polar surface area (TPSA) is 55.4 Å². The number of anilines is 1. The van der Waals surface area contributed by atoms with Crippen LogP contribution in [0.2, 0.25) is 5.02 Å². The number of benzene rings is 2. The van der Waals surface area contributed by atoms with Gasteiger partial charge in [0.25, 0.3) is 5.91 Å². The van der Waals surface area contributed by atoms with Crippen molar-refractivity contribution in [3.63, 3.8) is 0 Å². The molecule has 2 aromatic rings. The molecule has 0 aliphatic carbocycles. The second-order valence-corrected chi connectivity index (χ2v) is 6.75. The highest BCUT2D eigenvalue weighted by Crippen LogP contribution is 2.25. The van der Waals surface area contributed by atoms with Gasteiger partial charge in [-0.3, -0.25) is 4.79 Å². The molecule has 22 heavy (non-hydrogen) atoms. The van der Waals surface area contributed by atoms with Crippen LogP contribution in [0.25, 0.3) is 0 Å². The van der Waals surface area contributed by atoms with E-state index in [1.807, 2.05) is 12.1 Å². The summed E-state index contributed by atoms with van der Waals surface area (Å²) in [5.74, 6) is -0.807. The average Bonchev–Trinajstić information content (AvgIpc) is 2.50. The minimum Gasteiger partial charge on any atom is -0.465 e. The summed E-state index contributed by atoms with van der Waals surface area (Å²) in [5.41, 5.74) is 1.17. The number of halogens is 3. The van der Waals surface area contributed by atoms with Crippen molar-refractivity contribution in [2.45, 2.75) is 0 Å². The first-order valence-electron chi connectivity index (χ1n) is 6.06. The number of esters is 1.